The fourth-order valence-electron chi connectivity index (χ4n) is 2.93. The summed E-state index contributed by atoms with van der Waals surface area (Å²) in [5.41, 5.74) is 0.460. The van der Waals surface area contributed by atoms with Crippen LogP contribution in [0.3, 0.4) is 0 Å². The molecule has 0 radical (unpaired) electrons. The molecule has 1 heterocycles. The summed E-state index contributed by atoms with van der Waals surface area (Å²) in [7, 11) is 0. The van der Waals surface area contributed by atoms with Crippen molar-refractivity contribution in [2.24, 2.45) is 0 Å². The lowest BCUT2D eigenvalue weighted by Crippen LogP contribution is -2.27. The highest BCUT2D eigenvalue weighted by molar-refractivity contribution is 6.34. The van der Waals surface area contributed by atoms with E-state index in [0.29, 0.717) is 27.2 Å². The second kappa shape index (κ2) is 8.92. The first-order chi connectivity index (χ1) is 14.9. The number of anilines is 1. The van der Waals surface area contributed by atoms with Crippen molar-refractivity contribution in [1.29, 1.82) is 0 Å². The third-order valence-electron chi connectivity index (χ3n) is 4.28. The summed E-state index contributed by atoms with van der Waals surface area (Å²) >= 11 is 6.45. The summed E-state index contributed by atoms with van der Waals surface area (Å²) in [4.78, 5) is 35.2. The van der Waals surface area contributed by atoms with Crippen LogP contribution in [0.25, 0.3) is 22.1 Å². The van der Waals surface area contributed by atoms with Crippen LogP contribution < -0.4 is 15.7 Å². The molecule has 0 saturated heterocycles. The van der Waals surface area contributed by atoms with E-state index in [-0.39, 0.29) is 11.3 Å². The maximum absolute atomic E-state index is 12.2. The Morgan fingerprint density at radius 3 is 2.44 bits per heavy atom. The van der Waals surface area contributed by atoms with E-state index < -0.39 is 29.4 Å². The Hall–Kier alpha value is -3.52. The molecule has 0 fully saturated rings. The van der Waals surface area contributed by atoms with Crippen LogP contribution in [0.4, 0.5) is 10.5 Å². The van der Waals surface area contributed by atoms with Crippen LogP contribution in [-0.4, -0.2) is 28.9 Å². The Balaban J connectivity index is 1.95. The Morgan fingerprint density at radius 1 is 1.09 bits per heavy atom. The lowest BCUT2D eigenvalue weighted by Gasteiger charge is -2.20. The molecule has 1 unspecified atom stereocenters. The third-order valence-corrected chi connectivity index (χ3v) is 4.59. The monoisotopic (exact) mass is 459 g/mol. The predicted molar refractivity (Wildman–Crippen MR) is 121 cm³/mol. The molecule has 168 valence electrons. The summed E-state index contributed by atoms with van der Waals surface area (Å²) in [5.74, 6) is -0.872. The number of halogens is 1. The molecule has 2 aromatic carbocycles. The van der Waals surface area contributed by atoms with Gasteiger partial charge >= 0.3 is 17.7 Å². The molecule has 32 heavy (non-hydrogen) atoms. The number of benzene rings is 2. The number of amides is 1. The first-order valence-corrected chi connectivity index (χ1v) is 10.1. The average molecular weight is 460 g/mol. The fourth-order valence-corrected chi connectivity index (χ4v) is 3.21. The first-order valence-electron chi connectivity index (χ1n) is 9.70. The standard InChI is InChI=1S/C23H22ClNO7/c1-12(21(27)28)30-14-6-8-16-17(11-20(26)31-19(16)10-14)15-7-5-13(9-18(15)24)25-22(29)32-23(2,3)4/h5-12H,1-4H3,(H,25,29)(H,27,28). The first kappa shape index (κ1) is 23.1. The number of carboxylic acid groups (broad SMARTS) is 1. The van der Waals surface area contributed by atoms with Gasteiger partial charge in [-0.3, -0.25) is 5.32 Å². The lowest BCUT2D eigenvalue weighted by molar-refractivity contribution is -0.144. The number of ether oxygens (including phenoxy) is 2. The number of hydrogen-bond donors (Lipinski definition) is 2. The van der Waals surface area contributed by atoms with Crippen molar-refractivity contribution in [1.82, 2.24) is 0 Å². The van der Waals surface area contributed by atoms with Gasteiger partial charge in [0.2, 0.25) is 0 Å². The van der Waals surface area contributed by atoms with Gasteiger partial charge in [-0.25, -0.2) is 14.4 Å². The molecule has 0 spiro atoms. The molecule has 1 amide bonds. The lowest BCUT2D eigenvalue weighted by atomic mass is 10.0. The Morgan fingerprint density at radius 2 is 1.81 bits per heavy atom. The van der Waals surface area contributed by atoms with Gasteiger partial charge in [0, 0.05) is 34.3 Å². The van der Waals surface area contributed by atoms with Crippen LogP contribution in [0.5, 0.6) is 5.75 Å². The highest BCUT2D eigenvalue weighted by Crippen LogP contribution is 2.35. The van der Waals surface area contributed by atoms with E-state index >= 15 is 0 Å². The van der Waals surface area contributed by atoms with E-state index in [1.54, 1.807) is 51.1 Å². The largest absolute Gasteiger partial charge is 0.479 e. The average Bonchev–Trinajstić information content (AvgIpc) is 2.65. The molecule has 1 atom stereocenters. The zero-order valence-corrected chi connectivity index (χ0v) is 18.6. The molecule has 0 saturated carbocycles. The van der Waals surface area contributed by atoms with Crippen molar-refractivity contribution in [2.45, 2.75) is 39.4 Å². The van der Waals surface area contributed by atoms with Crippen molar-refractivity contribution in [3.63, 3.8) is 0 Å². The van der Waals surface area contributed by atoms with Crippen LogP contribution >= 0.6 is 11.6 Å². The van der Waals surface area contributed by atoms with Crippen molar-refractivity contribution < 1.29 is 28.6 Å². The van der Waals surface area contributed by atoms with E-state index in [0.717, 1.165) is 0 Å². The Bertz CT molecular complexity index is 1240. The number of nitrogens with one attached hydrogen (secondary N) is 1. The number of hydrogen-bond acceptors (Lipinski definition) is 6. The highest BCUT2D eigenvalue weighted by atomic mass is 35.5. The van der Waals surface area contributed by atoms with Crippen LogP contribution in [0.1, 0.15) is 27.7 Å². The van der Waals surface area contributed by atoms with Crippen molar-refractivity contribution >= 4 is 40.3 Å². The van der Waals surface area contributed by atoms with Gasteiger partial charge < -0.3 is 19.0 Å². The SMILES string of the molecule is CC(Oc1ccc2c(-c3ccc(NC(=O)OC(C)(C)C)cc3Cl)cc(=O)oc2c1)C(=O)O. The Kier molecular flexibility index (Phi) is 6.45. The predicted octanol–water partition coefficient (Wildman–Crippen LogP) is 5.31. The number of carbonyl (C=O) groups is 2. The van der Waals surface area contributed by atoms with Crippen LogP contribution in [0, 0.1) is 0 Å². The second-order valence-corrected chi connectivity index (χ2v) is 8.46. The molecule has 9 heteroatoms. The minimum atomic E-state index is -1.12. The van der Waals surface area contributed by atoms with E-state index in [1.807, 2.05) is 0 Å². The van der Waals surface area contributed by atoms with Crippen LogP contribution in [0.2, 0.25) is 5.02 Å². The van der Waals surface area contributed by atoms with E-state index in [1.165, 1.54) is 19.1 Å². The number of rotatable bonds is 5. The number of carboxylic acids is 1. The normalized spacial score (nSPS) is 12.3. The number of aliphatic carboxylic acids is 1. The minimum Gasteiger partial charge on any atom is -0.479 e. The maximum Gasteiger partial charge on any atom is 0.412 e. The summed E-state index contributed by atoms with van der Waals surface area (Å²) in [5, 5.41) is 12.5. The van der Waals surface area contributed by atoms with Gasteiger partial charge in [0.1, 0.15) is 16.9 Å². The van der Waals surface area contributed by atoms with Crippen molar-refractivity contribution in [3.8, 4) is 16.9 Å². The van der Waals surface area contributed by atoms with Gasteiger partial charge in [-0.15, -0.1) is 0 Å². The number of fused-ring (bicyclic) bond motifs is 1. The zero-order chi connectivity index (χ0) is 23.6. The summed E-state index contributed by atoms with van der Waals surface area (Å²) in [6.07, 6.45) is -1.68. The van der Waals surface area contributed by atoms with Gasteiger partial charge in [0.25, 0.3) is 0 Å². The van der Waals surface area contributed by atoms with Gasteiger partial charge in [-0.2, -0.15) is 0 Å². The Labute approximate surface area is 188 Å². The van der Waals surface area contributed by atoms with E-state index in [2.05, 4.69) is 5.32 Å². The topological polar surface area (TPSA) is 115 Å². The zero-order valence-electron chi connectivity index (χ0n) is 17.9. The minimum absolute atomic E-state index is 0.217. The second-order valence-electron chi connectivity index (χ2n) is 8.06. The fraction of sp³-hybridized carbons (Fsp3) is 0.261. The number of carbonyl (C=O) groups excluding carboxylic acids is 1. The van der Waals surface area contributed by atoms with E-state index in [4.69, 9.17) is 30.6 Å². The van der Waals surface area contributed by atoms with Crippen LogP contribution in [-0.2, 0) is 9.53 Å². The molecule has 0 aliphatic carbocycles. The molecule has 0 aliphatic heterocycles. The quantitative estimate of drug-likeness (QED) is 0.496. The maximum atomic E-state index is 12.2. The highest BCUT2D eigenvalue weighted by Gasteiger charge is 2.18. The molecule has 8 nitrogen and oxygen atoms in total. The molecule has 3 aromatic rings. The molecule has 0 aliphatic rings. The molecule has 0 bridgehead atoms. The smallest absolute Gasteiger partial charge is 0.412 e. The van der Waals surface area contributed by atoms with Crippen molar-refractivity contribution in [3.05, 3.63) is 57.9 Å². The van der Waals surface area contributed by atoms with Gasteiger partial charge in [-0.1, -0.05) is 17.7 Å². The molecule has 1 aromatic heterocycles. The van der Waals surface area contributed by atoms with Crippen molar-refractivity contribution in [2.75, 3.05) is 5.32 Å². The van der Waals surface area contributed by atoms with Gasteiger partial charge in [0.05, 0.1) is 5.02 Å². The summed E-state index contributed by atoms with van der Waals surface area (Å²) in [6, 6.07) is 10.8. The van der Waals surface area contributed by atoms with Gasteiger partial charge in [-0.05, 0) is 52.0 Å². The molecule has 2 N–H and O–H groups in total. The van der Waals surface area contributed by atoms with Crippen LogP contribution in [0.15, 0.2) is 51.7 Å². The molecular formula is C23H22ClNO7. The third kappa shape index (κ3) is 5.59. The summed E-state index contributed by atoms with van der Waals surface area (Å²) in [6.45, 7) is 6.67. The molecular weight excluding hydrogens is 438 g/mol. The summed E-state index contributed by atoms with van der Waals surface area (Å²) < 4.78 is 15.8. The van der Waals surface area contributed by atoms with Gasteiger partial charge in [0.15, 0.2) is 6.10 Å². The van der Waals surface area contributed by atoms with E-state index in [9.17, 15) is 14.4 Å². The molecule has 3 rings (SSSR count).